The molecule has 0 unspecified atom stereocenters. The lowest BCUT2D eigenvalue weighted by Crippen LogP contribution is -2.52. The van der Waals surface area contributed by atoms with E-state index < -0.39 is 17.8 Å². The summed E-state index contributed by atoms with van der Waals surface area (Å²) >= 11 is 0. The van der Waals surface area contributed by atoms with E-state index in [4.69, 9.17) is 9.47 Å². The number of carbonyl (C=O) groups is 2. The zero-order valence-corrected chi connectivity index (χ0v) is 13.3. The van der Waals surface area contributed by atoms with Gasteiger partial charge in [-0.15, -0.1) is 0 Å². The fourth-order valence-corrected chi connectivity index (χ4v) is 4.51. The van der Waals surface area contributed by atoms with E-state index in [1.807, 2.05) is 0 Å². The topological polar surface area (TPSA) is 87.7 Å². The van der Waals surface area contributed by atoms with E-state index in [9.17, 15) is 14.7 Å². The summed E-state index contributed by atoms with van der Waals surface area (Å²) < 4.78 is 11.0. The average Bonchev–Trinajstić information content (AvgIpc) is 2.61. The van der Waals surface area contributed by atoms with Gasteiger partial charge in [-0.3, -0.25) is 4.79 Å². The van der Waals surface area contributed by atoms with Crippen molar-refractivity contribution in [1.82, 2.24) is 0 Å². The third-order valence-electron chi connectivity index (χ3n) is 5.60. The maximum absolute atomic E-state index is 12.8. The predicted octanol–water partition coefficient (Wildman–Crippen LogP) is 1.20. The molecule has 6 nitrogen and oxygen atoms in total. The lowest BCUT2D eigenvalue weighted by atomic mass is 9.58. The van der Waals surface area contributed by atoms with Crippen LogP contribution in [0.25, 0.3) is 0 Å². The molecule has 0 radical (unpaired) electrons. The van der Waals surface area contributed by atoms with Crippen LogP contribution in [0.5, 0.6) is 11.5 Å². The van der Waals surface area contributed by atoms with Gasteiger partial charge in [0, 0.05) is 29.6 Å². The molecule has 24 heavy (non-hydrogen) atoms. The number of aliphatic carboxylic acids is 1. The molecule has 0 aromatic heterocycles. The zero-order valence-electron chi connectivity index (χ0n) is 13.3. The standard InChI is InChI=1S/C18H21NO5/c20-17(15-10-1-3-11(4-2-10)16(15)18(21)22)19-12-5-6-13-14(9-12)24-8-7-23-13/h5-6,9-11,15-16H,1-4,7-8H2,(H,19,20)(H,21,22)/p-1/t10?,11?,15-,16+/m1/s1. The minimum atomic E-state index is -1.09. The van der Waals surface area contributed by atoms with Crippen LogP contribution >= 0.6 is 0 Å². The highest BCUT2D eigenvalue weighted by Crippen LogP contribution is 2.49. The number of hydrogen-bond donors (Lipinski definition) is 1. The molecule has 1 N–H and O–H groups in total. The molecule has 2 atom stereocenters. The van der Waals surface area contributed by atoms with Gasteiger partial charge in [-0.25, -0.2) is 0 Å². The monoisotopic (exact) mass is 330 g/mol. The molecule has 1 aromatic rings. The Morgan fingerprint density at radius 2 is 1.58 bits per heavy atom. The van der Waals surface area contributed by atoms with Crippen molar-refractivity contribution in [2.24, 2.45) is 23.7 Å². The number of amides is 1. The molecule has 6 heteroatoms. The molecule has 4 aliphatic rings. The van der Waals surface area contributed by atoms with Crippen LogP contribution in [0.2, 0.25) is 0 Å². The van der Waals surface area contributed by atoms with Crippen LogP contribution < -0.4 is 19.9 Å². The third-order valence-corrected chi connectivity index (χ3v) is 5.60. The largest absolute Gasteiger partial charge is 0.550 e. The van der Waals surface area contributed by atoms with Gasteiger partial charge in [-0.1, -0.05) is 0 Å². The summed E-state index contributed by atoms with van der Waals surface area (Å²) in [5, 5.41) is 14.4. The number of anilines is 1. The first kappa shape index (κ1) is 15.3. The molecular formula is C18H20NO5-. The first-order valence-corrected chi connectivity index (χ1v) is 8.55. The minimum Gasteiger partial charge on any atom is -0.550 e. The van der Waals surface area contributed by atoms with Gasteiger partial charge < -0.3 is 24.7 Å². The van der Waals surface area contributed by atoms with Crippen molar-refractivity contribution in [3.8, 4) is 11.5 Å². The van der Waals surface area contributed by atoms with E-state index in [1.165, 1.54) is 0 Å². The molecule has 3 aliphatic carbocycles. The van der Waals surface area contributed by atoms with Gasteiger partial charge in [-0.2, -0.15) is 0 Å². The lowest BCUT2D eigenvalue weighted by molar-refractivity contribution is -0.318. The SMILES string of the molecule is O=C(Nc1ccc2c(c1)OCCO2)[C@@H]1C2CCC(CC2)[C@@H]1C(=O)[O-]. The van der Waals surface area contributed by atoms with E-state index in [1.54, 1.807) is 18.2 Å². The number of nitrogens with one attached hydrogen (secondary N) is 1. The number of carboxylic acid groups (broad SMARTS) is 1. The third kappa shape index (κ3) is 2.60. The van der Waals surface area contributed by atoms with Crippen molar-refractivity contribution in [1.29, 1.82) is 0 Å². The molecule has 3 fully saturated rings. The fourth-order valence-electron chi connectivity index (χ4n) is 4.51. The van der Waals surface area contributed by atoms with E-state index in [0.717, 1.165) is 25.7 Å². The maximum atomic E-state index is 12.8. The van der Waals surface area contributed by atoms with E-state index in [-0.39, 0.29) is 17.7 Å². The number of ether oxygens (including phenoxy) is 2. The number of rotatable bonds is 3. The van der Waals surface area contributed by atoms with Gasteiger partial charge in [0.05, 0.1) is 0 Å². The van der Waals surface area contributed by atoms with Gasteiger partial charge in [0.15, 0.2) is 11.5 Å². The Labute approximate surface area is 140 Å². The van der Waals surface area contributed by atoms with Crippen LogP contribution in [0.15, 0.2) is 18.2 Å². The molecule has 0 saturated heterocycles. The number of benzene rings is 1. The van der Waals surface area contributed by atoms with E-state index in [2.05, 4.69) is 5.32 Å². The van der Waals surface area contributed by atoms with Crippen LogP contribution in [0, 0.1) is 23.7 Å². The smallest absolute Gasteiger partial charge is 0.228 e. The Kier molecular flexibility index (Phi) is 3.82. The van der Waals surface area contributed by atoms with Crippen molar-refractivity contribution >= 4 is 17.6 Å². The number of carbonyl (C=O) groups excluding carboxylic acids is 2. The summed E-state index contributed by atoms with van der Waals surface area (Å²) in [6, 6.07) is 5.23. The highest BCUT2D eigenvalue weighted by molar-refractivity contribution is 5.95. The Bertz CT molecular complexity index is 665. The number of carboxylic acids is 1. The second-order valence-electron chi connectivity index (χ2n) is 6.89. The van der Waals surface area contributed by atoms with Crippen LogP contribution in [-0.2, 0) is 9.59 Å². The summed E-state index contributed by atoms with van der Waals surface area (Å²) in [7, 11) is 0. The second kappa shape index (κ2) is 6.00. The highest BCUT2D eigenvalue weighted by atomic mass is 16.6. The molecule has 3 saturated carbocycles. The summed E-state index contributed by atoms with van der Waals surface area (Å²) in [5.41, 5.74) is 0.600. The Hall–Kier alpha value is -2.24. The molecule has 1 aliphatic heterocycles. The molecule has 0 spiro atoms. The average molecular weight is 330 g/mol. The molecule has 2 bridgehead atoms. The predicted molar refractivity (Wildman–Crippen MR) is 83.5 cm³/mol. The van der Waals surface area contributed by atoms with Gasteiger partial charge in [0.1, 0.15) is 13.2 Å². The summed E-state index contributed by atoms with van der Waals surface area (Å²) in [5.74, 6) is -1.04. The van der Waals surface area contributed by atoms with Crippen LogP contribution in [-0.4, -0.2) is 25.1 Å². The van der Waals surface area contributed by atoms with Crippen molar-refractivity contribution in [3.05, 3.63) is 18.2 Å². The first-order valence-electron chi connectivity index (χ1n) is 8.55. The molecule has 1 aromatic carbocycles. The molecule has 1 heterocycles. The highest BCUT2D eigenvalue weighted by Gasteiger charge is 2.47. The van der Waals surface area contributed by atoms with Crippen molar-refractivity contribution in [2.75, 3.05) is 18.5 Å². The minimum absolute atomic E-state index is 0.0658. The summed E-state index contributed by atoms with van der Waals surface area (Å²) in [6.45, 7) is 0.987. The molecular weight excluding hydrogens is 310 g/mol. The van der Waals surface area contributed by atoms with Crippen molar-refractivity contribution in [2.45, 2.75) is 25.7 Å². The van der Waals surface area contributed by atoms with E-state index in [0.29, 0.717) is 30.4 Å². The Morgan fingerprint density at radius 3 is 2.25 bits per heavy atom. The fraction of sp³-hybridized carbons (Fsp3) is 0.556. The number of fused-ring (bicyclic) bond motifs is 4. The van der Waals surface area contributed by atoms with Gasteiger partial charge in [0.25, 0.3) is 0 Å². The van der Waals surface area contributed by atoms with Crippen LogP contribution in [0.3, 0.4) is 0 Å². The van der Waals surface area contributed by atoms with Crippen LogP contribution in [0.1, 0.15) is 25.7 Å². The summed E-state index contributed by atoms with van der Waals surface area (Å²) in [4.78, 5) is 24.3. The summed E-state index contributed by atoms with van der Waals surface area (Å²) in [6.07, 6.45) is 3.62. The Morgan fingerprint density at radius 1 is 0.958 bits per heavy atom. The molecule has 1 amide bonds. The van der Waals surface area contributed by atoms with Gasteiger partial charge in [-0.05, 0) is 49.7 Å². The zero-order chi connectivity index (χ0) is 16.7. The normalized spacial score (nSPS) is 30.7. The van der Waals surface area contributed by atoms with E-state index >= 15 is 0 Å². The maximum Gasteiger partial charge on any atom is 0.228 e. The second-order valence-corrected chi connectivity index (χ2v) is 6.89. The van der Waals surface area contributed by atoms with Crippen molar-refractivity contribution < 1.29 is 24.2 Å². The number of hydrogen-bond acceptors (Lipinski definition) is 5. The lowest BCUT2D eigenvalue weighted by Gasteiger charge is -2.48. The molecule has 5 rings (SSSR count). The van der Waals surface area contributed by atoms with Gasteiger partial charge >= 0.3 is 0 Å². The van der Waals surface area contributed by atoms with Crippen LogP contribution in [0.4, 0.5) is 5.69 Å². The molecule has 128 valence electrons. The quantitative estimate of drug-likeness (QED) is 0.900. The Balaban J connectivity index is 1.54. The van der Waals surface area contributed by atoms with Crippen molar-refractivity contribution in [3.63, 3.8) is 0 Å². The first-order chi connectivity index (χ1) is 11.6. The van der Waals surface area contributed by atoms with Gasteiger partial charge in [0.2, 0.25) is 5.91 Å².